The monoisotopic (exact) mass is 591 g/mol. The maximum absolute atomic E-state index is 13.9. The zero-order valence-corrected chi connectivity index (χ0v) is 24.0. The zero-order valence-electron chi connectivity index (χ0n) is 22.9. The third-order valence-electron chi connectivity index (χ3n) is 7.35. The Kier molecular flexibility index (Phi) is 9.66. The molecule has 3 aromatic carbocycles. The Bertz CT molecular complexity index is 1630. The summed E-state index contributed by atoms with van der Waals surface area (Å²) in [7, 11) is 0. The summed E-state index contributed by atoms with van der Waals surface area (Å²) < 4.78 is 4.42. The molecule has 0 spiro atoms. The van der Waals surface area contributed by atoms with Crippen LogP contribution in [0.25, 0.3) is 16.8 Å². The molecule has 3 aliphatic rings. The van der Waals surface area contributed by atoms with Crippen molar-refractivity contribution in [3.8, 4) is 5.69 Å². The molecule has 1 atom stereocenters. The van der Waals surface area contributed by atoms with Gasteiger partial charge in [0.05, 0.1) is 18.3 Å². The van der Waals surface area contributed by atoms with Gasteiger partial charge < -0.3 is 0 Å². The van der Waals surface area contributed by atoms with Crippen molar-refractivity contribution in [2.24, 2.45) is 0 Å². The van der Waals surface area contributed by atoms with Gasteiger partial charge in [-0.3, -0.25) is 0 Å². The Morgan fingerprint density at radius 2 is 1.19 bits per heavy atom. The summed E-state index contributed by atoms with van der Waals surface area (Å²) in [6.07, 6.45) is 17.9. The van der Waals surface area contributed by atoms with Gasteiger partial charge in [0.15, 0.2) is 0 Å². The molecule has 0 N–H and O–H groups in total. The van der Waals surface area contributed by atoms with Crippen LogP contribution in [0.4, 0.5) is 0 Å². The molecule has 7 rings (SSSR count). The molecule has 0 bridgehead atoms. The Balaban J connectivity index is 0.000000534. The van der Waals surface area contributed by atoms with Crippen molar-refractivity contribution in [2.75, 3.05) is 0 Å². The van der Waals surface area contributed by atoms with Crippen LogP contribution in [0.2, 0.25) is 0 Å². The van der Waals surface area contributed by atoms with E-state index < -0.39 is 6.04 Å². The molecule has 2 aliphatic carbocycles. The zero-order chi connectivity index (χ0) is 28.2. The van der Waals surface area contributed by atoms with Crippen molar-refractivity contribution in [1.82, 2.24) is 13.9 Å². The molecular formula is C36H29FeN3O2+2. The van der Waals surface area contributed by atoms with E-state index in [0.29, 0.717) is 5.69 Å². The topological polar surface area (TPSA) is 48.9 Å². The SMILES string of the molecule is C=C(C1=C(c2ccccc2)Cn2c(=O)n(-c3ccccc3)c(=O)n2C1[C]1[CH][CH][CH][CH]1)c1ccccc1.[CH]1[CH][CH][CH][CH]1.[Fe+2]. The molecule has 1 unspecified atom stereocenters. The van der Waals surface area contributed by atoms with Crippen molar-refractivity contribution in [2.45, 2.75) is 12.6 Å². The minimum absolute atomic E-state index is 0. The van der Waals surface area contributed by atoms with Gasteiger partial charge in [0.2, 0.25) is 0 Å². The van der Waals surface area contributed by atoms with Crippen LogP contribution >= 0.6 is 0 Å². The molecule has 2 heterocycles. The number of hydrogen-bond donors (Lipinski definition) is 0. The Morgan fingerprint density at radius 1 is 0.667 bits per heavy atom. The fraction of sp³-hybridized carbons (Fsp3) is 0.0556. The first-order chi connectivity index (χ1) is 20.1. The third kappa shape index (κ3) is 5.84. The summed E-state index contributed by atoms with van der Waals surface area (Å²) in [5, 5.41) is 0. The fourth-order valence-electron chi connectivity index (χ4n) is 5.44. The number of nitrogens with zero attached hydrogens (tertiary/aromatic N) is 3. The van der Waals surface area contributed by atoms with E-state index >= 15 is 0 Å². The molecule has 2 fully saturated rings. The number of hydrogen-bond acceptors (Lipinski definition) is 2. The Morgan fingerprint density at radius 3 is 1.76 bits per heavy atom. The van der Waals surface area contributed by atoms with E-state index in [1.165, 1.54) is 4.57 Å². The van der Waals surface area contributed by atoms with Crippen LogP contribution in [-0.4, -0.2) is 13.9 Å². The smallest absolute Gasteiger partial charge is 0.245 e. The predicted octanol–water partition coefficient (Wildman–Crippen LogP) is 5.95. The van der Waals surface area contributed by atoms with E-state index in [1.54, 1.807) is 21.5 Å². The van der Waals surface area contributed by atoms with Crippen molar-refractivity contribution < 1.29 is 17.1 Å². The number of benzene rings is 3. The van der Waals surface area contributed by atoms with Gasteiger partial charge in [0.25, 0.3) is 0 Å². The van der Waals surface area contributed by atoms with E-state index in [2.05, 4.69) is 6.58 Å². The van der Waals surface area contributed by atoms with Gasteiger partial charge in [-0.1, -0.05) is 85.4 Å². The average Bonchev–Trinajstić information content (AvgIpc) is 3.82. The summed E-state index contributed by atoms with van der Waals surface area (Å²) >= 11 is 0. The second-order valence-corrected chi connectivity index (χ2v) is 9.82. The second kappa shape index (κ2) is 13.6. The van der Waals surface area contributed by atoms with Crippen LogP contribution in [0.3, 0.4) is 0 Å². The van der Waals surface area contributed by atoms with Gasteiger partial charge in [-0.15, -0.1) is 0 Å². The van der Waals surface area contributed by atoms with Crippen molar-refractivity contribution >= 4 is 11.1 Å². The van der Waals surface area contributed by atoms with Crippen LogP contribution in [0, 0.1) is 63.7 Å². The molecular weight excluding hydrogens is 562 g/mol. The van der Waals surface area contributed by atoms with Gasteiger partial charge in [-0.25, -0.2) is 23.5 Å². The molecule has 1 aromatic heterocycles. The normalized spacial score (nSPS) is 18.1. The van der Waals surface area contributed by atoms with Crippen LogP contribution in [0.5, 0.6) is 0 Å². The van der Waals surface area contributed by atoms with Crippen molar-refractivity contribution in [3.63, 3.8) is 0 Å². The van der Waals surface area contributed by atoms with E-state index in [-0.39, 0.29) is 35.0 Å². The summed E-state index contributed by atoms with van der Waals surface area (Å²) in [4.78, 5) is 27.7. The molecule has 206 valence electrons. The molecule has 0 saturated heterocycles. The molecule has 5 nitrogen and oxygen atoms in total. The molecule has 1 aliphatic heterocycles. The summed E-state index contributed by atoms with van der Waals surface area (Å²) in [6.45, 7) is 4.77. The third-order valence-corrected chi connectivity index (χ3v) is 7.35. The Hall–Kier alpha value is -3.60. The standard InChI is InChI=1S/C31H24N3O2.C5H5.Fe/c1-22(23-13-5-2-6-14-23)28-27(24-15-7-3-8-16-24)21-32-30(35)33(26-19-9-4-10-20-26)31(36)34(32)29(28)25-17-11-12-18-25;1-2-4-5-3-1;/h2-20,29H,1,21H2;1-5H;/q;;+2. The number of rotatable bonds is 5. The summed E-state index contributed by atoms with van der Waals surface area (Å²) in [5.74, 6) is 0.927. The van der Waals surface area contributed by atoms with Gasteiger partial charge in [-0.2, -0.15) is 0 Å². The molecule has 10 radical (unpaired) electrons. The quantitative estimate of drug-likeness (QED) is 0.270. The van der Waals surface area contributed by atoms with Gasteiger partial charge in [-0.05, 0) is 97.8 Å². The van der Waals surface area contributed by atoms with E-state index in [9.17, 15) is 9.59 Å². The number of allylic oxidation sites excluding steroid dienone is 3. The van der Waals surface area contributed by atoms with Crippen molar-refractivity contribution in [1.29, 1.82) is 0 Å². The van der Waals surface area contributed by atoms with Gasteiger partial charge in [0, 0.05) is 5.92 Å². The van der Waals surface area contributed by atoms with E-state index in [4.69, 9.17) is 0 Å². The van der Waals surface area contributed by atoms with Gasteiger partial charge in [0.1, 0.15) is 0 Å². The summed E-state index contributed by atoms with van der Waals surface area (Å²) in [6, 6.07) is 28.6. The predicted molar refractivity (Wildman–Crippen MR) is 164 cm³/mol. The molecule has 2 saturated carbocycles. The molecule has 42 heavy (non-hydrogen) atoms. The number of fused-ring (bicyclic) bond motifs is 1. The fourth-order valence-corrected chi connectivity index (χ4v) is 5.44. The molecule has 6 heteroatoms. The summed E-state index contributed by atoms with van der Waals surface area (Å²) in [5.41, 5.74) is 4.53. The van der Waals surface area contributed by atoms with Crippen LogP contribution in [0.1, 0.15) is 17.2 Å². The largest absolute Gasteiger partial charge is 2.00 e. The second-order valence-electron chi connectivity index (χ2n) is 9.82. The minimum Gasteiger partial charge on any atom is -0.245 e. The first kappa shape index (κ1) is 29.9. The first-order valence-electron chi connectivity index (χ1n) is 13.6. The Labute approximate surface area is 258 Å². The van der Waals surface area contributed by atoms with E-state index in [0.717, 1.165) is 33.8 Å². The maximum atomic E-state index is 13.9. The van der Waals surface area contributed by atoms with Crippen molar-refractivity contribution in [3.05, 3.63) is 199 Å². The number of para-hydroxylation sites is 1. The van der Waals surface area contributed by atoms with Crippen LogP contribution in [0.15, 0.2) is 113 Å². The first-order valence-corrected chi connectivity index (χ1v) is 13.6. The molecule has 0 amide bonds. The minimum atomic E-state index is -0.512. The average molecular weight is 591 g/mol. The molecule has 4 aromatic rings. The van der Waals surface area contributed by atoms with Crippen LogP contribution < -0.4 is 11.4 Å². The van der Waals surface area contributed by atoms with Crippen LogP contribution in [-0.2, 0) is 23.6 Å². The van der Waals surface area contributed by atoms with Gasteiger partial charge >= 0.3 is 28.4 Å². The van der Waals surface area contributed by atoms with E-state index in [1.807, 2.05) is 137 Å². The number of aromatic nitrogens is 3. The maximum Gasteiger partial charge on any atom is 2.00 e.